The first-order chi connectivity index (χ1) is 21.4. The molecule has 2 fully saturated rings. The molecule has 4 N–H and O–H groups in total. The Kier molecular flexibility index (Phi) is 8.34. The SMILES string of the molecule is N#Cc1ccc(C(=O)N2CCN(c3ccc(C(=O)NC4CCC(N)CC4)cc3NC(=O)c3ccc4c(c3)OCO4)CC2)cc1. The molecule has 0 radical (unpaired) electrons. The number of hydrogen-bond acceptors (Lipinski definition) is 8. The van der Waals surface area contributed by atoms with Crippen molar-refractivity contribution in [2.75, 3.05) is 43.2 Å². The van der Waals surface area contributed by atoms with Gasteiger partial charge in [0.15, 0.2) is 11.5 Å². The summed E-state index contributed by atoms with van der Waals surface area (Å²) >= 11 is 0. The van der Waals surface area contributed by atoms with Crippen LogP contribution in [0.15, 0.2) is 60.7 Å². The summed E-state index contributed by atoms with van der Waals surface area (Å²) in [6.07, 6.45) is 3.43. The van der Waals surface area contributed by atoms with Gasteiger partial charge in [-0.3, -0.25) is 14.4 Å². The molecule has 11 heteroatoms. The second-order valence-electron chi connectivity index (χ2n) is 11.3. The van der Waals surface area contributed by atoms with E-state index in [1.54, 1.807) is 59.5 Å². The van der Waals surface area contributed by atoms with Crippen LogP contribution in [0.2, 0.25) is 0 Å². The topological polar surface area (TPSA) is 150 Å². The van der Waals surface area contributed by atoms with Crippen LogP contribution in [-0.2, 0) is 0 Å². The molecule has 0 spiro atoms. The van der Waals surface area contributed by atoms with Gasteiger partial charge in [0.1, 0.15) is 0 Å². The largest absolute Gasteiger partial charge is 0.454 e. The highest BCUT2D eigenvalue weighted by molar-refractivity contribution is 6.07. The number of carbonyl (C=O) groups excluding carboxylic acids is 3. The van der Waals surface area contributed by atoms with E-state index in [1.165, 1.54) is 0 Å². The average Bonchev–Trinajstić information content (AvgIpc) is 3.54. The number of nitrogens with two attached hydrogens (primary N) is 1. The summed E-state index contributed by atoms with van der Waals surface area (Å²) in [6, 6.07) is 19.2. The average molecular weight is 595 g/mol. The molecule has 6 rings (SSSR count). The van der Waals surface area contributed by atoms with Crippen molar-refractivity contribution in [3.63, 3.8) is 0 Å². The molecule has 3 aromatic carbocycles. The van der Waals surface area contributed by atoms with Crippen LogP contribution in [0.25, 0.3) is 0 Å². The monoisotopic (exact) mass is 594 g/mol. The number of nitrogens with one attached hydrogen (secondary N) is 2. The second-order valence-corrected chi connectivity index (χ2v) is 11.3. The summed E-state index contributed by atoms with van der Waals surface area (Å²) in [4.78, 5) is 43.6. The quantitative estimate of drug-likeness (QED) is 0.393. The Labute approximate surface area is 255 Å². The van der Waals surface area contributed by atoms with Gasteiger partial charge in [0.25, 0.3) is 17.7 Å². The van der Waals surface area contributed by atoms with Crippen molar-refractivity contribution in [1.82, 2.24) is 10.2 Å². The molecule has 0 bridgehead atoms. The predicted molar refractivity (Wildman–Crippen MR) is 164 cm³/mol. The number of carbonyl (C=O) groups is 3. The maximum absolute atomic E-state index is 13.4. The summed E-state index contributed by atoms with van der Waals surface area (Å²) in [7, 11) is 0. The van der Waals surface area contributed by atoms with Crippen molar-refractivity contribution in [2.45, 2.75) is 37.8 Å². The Hall–Kier alpha value is -5.08. The second kappa shape index (κ2) is 12.7. The molecular weight excluding hydrogens is 560 g/mol. The lowest BCUT2D eigenvalue weighted by atomic mass is 9.91. The fourth-order valence-corrected chi connectivity index (χ4v) is 5.84. The van der Waals surface area contributed by atoms with Crippen molar-refractivity contribution in [3.05, 3.63) is 82.9 Å². The van der Waals surface area contributed by atoms with Crippen molar-refractivity contribution in [2.24, 2.45) is 5.73 Å². The molecule has 226 valence electrons. The van der Waals surface area contributed by atoms with Crippen LogP contribution in [0.4, 0.5) is 11.4 Å². The molecule has 2 heterocycles. The number of piperazine rings is 1. The Balaban J connectivity index is 1.20. The first-order valence-corrected chi connectivity index (χ1v) is 14.8. The molecule has 0 atom stereocenters. The smallest absolute Gasteiger partial charge is 0.255 e. The molecular formula is C33H34N6O5. The molecule has 3 amide bonds. The number of nitrogens with zero attached hydrogens (tertiary/aromatic N) is 3. The third-order valence-electron chi connectivity index (χ3n) is 8.42. The minimum atomic E-state index is -0.349. The zero-order valence-electron chi connectivity index (χ0n) is 24.3. The van der Waals surface area contributed by atoms with Gasteiger partial charge < -0.3 is 35.6 Å². The van der Waals surface area contributed by atoms with E-state index in [4.69, 9.17) is 20.5 Å². The highest BCUT2D eigenvalue weighted by Gasteiger charge is 2.26. The summed E-state index contributed by atoms with van der Waals surface area (Å²) in [5, 5.41) is 15.2. The zero-order valence-corrected chi connectivity index (χ0v) is 24.3. The molecule has 0 aromatic heterocycles. The minimum Gasteiger partial charge on any atom is -0.454 e. The number of nitriles is 1. The van der Waals surface area contributed by atoms with Crippen molar-refractivity contribution in [1.29, 1.82) is 5.26 Å². The van der Waals surface area contributed by atoms with E-state index in [0.717, 1.165) is 31.4 Å². The van der Waals surface area contributed by atoms with E-state index in [0.29, 0.717) is 65.6 Å². The maximum atomic E-state index is 13.4. The summed E-state index contributed by atoms with van der Waals surface area (Å²) in [5.74, 6) is 0.437. The predicted octanol–water partition coefficient (Wildman–Crippen LogP) is 3.50. The minimum absolute atomic E-state index is 0.0652. The van der Waals surface area contributed by atoms with E-state index >= 15 is 0 Å². The lowest BCUT2D eigenvalue weighted by Gasteiger charge is -2.37. The first-order valence-electron chi connectivity index (χ1n) is 14.8. The standard InChI is InChI=1S/C33H34N6O5/c34-19-21-1-3-22(4-2-21)33(42)39-15-13-38(14-16-39)28-11-5-23(31(40)36-26-9-7-25(35)8-10-26)17-27(28)37-32(41)24-6-12-29-30(18-24)44-20-43-29/h1-6,11-12,17-18,25-26H,7-10,13-16,20,35H2,(H,36,40)(H,37,41). The molecule has 3 aliphatic rings. The third kappa shape index (κ3) is 6.31. The maximum Gasteiger partial charge on any atom is 0.255 e. The van der Waals surface area contributed by atoms with Crippen LogP contribution in [-0.4, -0.2) is 67.7 Å². The number of anilines is 2. The molecule has 11 nitrogen and oxygen atoms in total. The van der Waals surface area contributed by atoms with Gasteiger partial charge in [0.05, 0.1) is 23.0 Å². The number of ether oxygens (including phenoxy) is 2. The van der Waals surface area contributed by atoms with Crippen LogP contribution in [0.5, 0.6) is 11.5 Å². The summed E-state index contributed by atoms with van der Waals surface area (Å²) in [5.41, 5.74) is 9.16. The van der Waals surface area contributed by atoms with Gasteiger partial charge in [-0.1, -0.05) is 0 Å². The van der Waals surface area contributed by atoms with Crippen molar-refractivity contribution >= 4 is 29.1 Å². The van der Waals surface area contributed by atoms with Crippen LogP contribution in [0, 0.1) is 11.3 Å². The van der Waals surface area contributed by atoms with E-state index < -0.39 is 0 Å². The Bertz CT molecular complexity index is 1600. The lowest BCUT2D eigenvalue weighted by molar-refractivity contribution is 0.0746. The van der Waals surface area contributed by atoms with Gasteiger partial charge >= 0.3 is 0 Å². The number of rotatable bonds is 6. The number of benzene rings is 3. The number of amides is 3. The molecule has 2 aliphatic heterocycles. The number of hydrogen-bond donors (Lipinski definition) is 3. The number of fused-ring (bicyclic) bond motifs is 1. The van der Waals surface area contributed by atoms with E-state index in [9.17, 15) is 14.4 Å². The normalized spacial score (nSPS) is 19.2. The Morgan fingerprint density at radius 3 is 2.18 bits per heavy atom. The van der Waals surface area contributed by atoms with Crippen LogP contribution < -0.4 is 30.7 Å². The Morgan fingerprint density at radius 2 is 1.45 bits per heavy atom. The summed E-state index contributed by atoms with van der Waals surface area (Å²) in [6.45, 7) is 2.11. The van der Waals surface area contributed by atoms with Crippen molar-refractivity contribution in [3.8, 4) is 17.6 Å². The molecule has 3 aromatic rings. The van der Waals surface area contributed by atoms with Crippen LogP contribution >= 0.6 is 0 Å². The first kappa shape index (κ1) is 29.0. The van der Waals surface area contributed by atoms with Gasteiger partial charge in [0, 0.05) is 55.0 Å². The third-order valence-corrected chi connectivity index (χ3v) is 8.42. The fraction of sp³-hybridized carbons (Fsp3) is 0.333. The van der Waals surface area contributed by atoms with Gasteiger partial charge in [0.2, 0.25) is 6.79 Å². The molecule has 1 saturated heterocycles. The van der Waals surface area contributed by atoms with Gasteiger partial charge in [-0.2, -0.15) is 5.26 Å². The molecule has 0 unspecified atom stereocenters. The molecule has 1 saturated carbocycles. The molecule has 1 aliphatic carbocycles. The van der Waals surface area contributed by atoms with Crippen molar-refractivity contribution < 1.29 is 23.9 Å². The van der Waals surface area contributed by atoms with Crippen LogP contribution in [0.1, 0.15) is 62.3 Å². The highest BCUT2D eigenvalue weighted by Crippen LogP contribution is 2.34. The van der Waals surface area contributed by atoms with Gasteiger partial charge in [-0.15, -0.1) is 0 Å². The summed E-state index contributed by atoms with van der Waals surface area (Å²) < 4.78 is 10.8. The lowest BCUT2D eigenvalue weighted by Crippen LogP contribution is -2.49. The van der Waals surface area contributed by atoms with Crippen LogP contribution in [0.3, 0.4) is 0 Å². The van der Waals surface area contributed by atoms with E-state index in [-0.39, 0.29) is 36.6 Å². The fourth-order valence-electron chi connectivity index (χ4n) is 5.84. The van der Waals surface area contributed by atoms with E-state index in [2.05, 4.69) is 21.6 Å². The molecule has 44 heavy (non-hydrogen) atoms. The zero-order chi connectivity index (χ0) is 30.6. The van der Waals surface area contributed by atoms with Gasteiger partial charge in [-0.05, 0) is 86.3 Å². The van der Waals surface area contributed by atoms with E-state index in [1.807, 2.05) is 6.07 Å². The van der Waals surface area contributed by atoms with Gasteiger partial charge in [-0.25, -0.2) is 0 Å². The highest BCUT2D eigenvalue weighted by atomic mass is 16.7. The Morgan fingerprint density at radius 1 is 0.795 bits per heavy atom.